The summed E-state index contributed by atoms with van der Waals surface area (Å²) in [4.78, 5) is 55.5. The fourth-order valence-corrected chi connectivity index (χ4v) is 5.31. The molecule has 33 heavy (non-hydrogen) atoms. The highest BCUT2D eigenvalue weighted by atomic mass is 19.1. The number of fused-ring (bicyclic) bond motifs is 3. The summed E-state index contributed by atoms with van der Waals surface area (Å²) in [6.45, 7) is 0. The molecule has 2 heterocycles. The Morgan fingerprint density at radius 2 is 1.30 bits per heavy atom. The minimum absolute atomic E-state index is 0.176. The van der Waals surface area contributed by atoms with Crippen molar-refractivity contribution in [1.82, 2.24) is 0 Å². The normalized spacial score (nSPS) is 25.1. The third kappa shape index (κ3) is 2.45. The number of hydrogen-bond donors (Lipinski definition) is 0. The van der Waals surface area contributed by atoms with Crippen molar-refractivity contribution in [2.24, 2.45) is 11.8 Å². The van der Waals surface area contributed by atoms with Gasteiger partial charge in [-0.05, 0) is 29.8 Å². The van der Waals surface area contributed by atoms with E-state index in [9.17, 15) is 23.6 Å². The first-order valence-corrected chi connectivity index (χ1v) is 10.5. The van der Waals surface area contributed by atoms with Gasteiger partial charge < -0.3 is 4.74 Å². The van der Waals surface area contributed by atoms with Crippen LogP contribution in [-0.4, -0.2) is 29.0 Å². The molecule has 3 unspecified atom stereocenters. The van der Waals surface area contributed by atoms with E-state index in [4.69, 9.17) is 4.74 Å². The Labute approximate surface area is 187 Å². The zero-order valence-electron chi connectivity index (χ0n) is 17.1. The second kappa shape index (κ2) is 6.76. The topological polar surface area (TPSA) is 80.8 Å². The molecule has 2 fully saturated rings. The molecular formula is C26H16FNO5. The van der Waals surface area contributed by atoms with Crippen molar-refractivity contribution < 1.29 is 28.3 Å². The molecule has 6 rings (SSSR count). The highest BCUT2D eigenvalue weighted by Gasteiger charge is 2.74. The second-order valence-electron chi connectivity index (χ2n) is 8.38. The number of nitrogens with zero attached hydrogens (tertiary/aromatic N) is 1. The van der Waals surface area contributed by atoms with Crippen molar-refractivity contribution in [1.29, 1.82) is 0 Å². The van der Waals surface area contributed by atoms with Crippen molar-refractivity contribution in [3.05, 3.63) is 101 Å². The smallest absolute Gasteiger partial charge is 0.241 e. The molecule has 2 aliphatic heterocycles. The Morgan fingerprint density at radius 1 is 0.727 bits per heavy atom. The third-order valence-electron chi connectivity index (χ3n) is 6.73. The van der Waals surface area contributed by atoms with Crippen molar-refractivity contribution in [3.63, 3.8) is 0 Å². The molecule has 0 N–H and O–H groups in total. The number of benzene rings is 3. The van der Waals surface area contributed by atoms with Crippen molar-refractivity contribution in [3.8, 4) is 0 Å². The molecule has 2 amide bonds. The van der Waals surface area contributed by atoms with Gasteiger partial charge in [-0.15, -0.1) is 0 Å². The SMILES string of the molecule is O=C1C2C(c3ccccc3)OC3(C(=O)c4ccccc4C3=O)C2C(=O)N1c1ccc(F)cc1. The second-order valence-corrected chi connectivity index (χ2v) is 8.38. The molecule has 0 aromatic heterocycles. The summed E-state index contributed by atoms with van der Waals surface area (Å²) in [5.41, 5.74) is -0.997. The first-order chi connectivity index (χ1) is 15.9. The molecule has 6 nitrogen and oxygen atoms in total. The summed E-state index contributed by atoms with van der Waals surface area (Å²) in [5.74, 6) is -5.43. The summed E-state index contributed by atoms with van der Waals surface area (Å²) in [6, 6.07) is 20.0. The van der Waals surface area contributed by atoms with Crippen LogP contribution in [0.5, 0.6) is 0 Å². The van der Waals surface area contributed by atoms with E-state index in [1.54, 1.807) is 42.5 Å². The van der Waals surface area contributed by atoms with Gasteiger partial charge in [0.1, 0.15) is 5.82 Å². The minimum atomic E-state index is -2.11. The Kier molecular flexibility index (Phi) is 4.04. The number of anilines is 1. The van der Waals surface area contributed by atoms with Crippen LogP contribution in [0, 0.1) is 17.7 Å². The maximum atomic E-state index is 13.7. The molecule has 0 bridgehead atoms. The van der Waals surface area contributed by atoms with Crippen LogP contribution in [-0.2, 0) is 14.3 Å². The average Bonchev–Trinajstić information content (AvgIpc) is 3.41. The standard InChI is InChI=1S/C26H16FNO5/c27-15-10-12-16(13-11-15)28-24(31)19-20(25(28)32)26(33-21(19)14-6-2-1-3-7-14)22(29)17-8-4-5-9-18(17)23(26)30/h1-13,19-21H. The molecule has 3 aliphatic rings. The minimum Gasteiger partial charge on any atom is -0.349 e. The molecule has 1 aliphatic carbocycles. The lowest BCUT2D eigenvalue weighted by Gasteiger charge is -2.27. The molecule has 7 heteroatoms. The Balaban J connectivity index is 1.55. The monoisotopic (exact) mass is 441 g/mol. The van der Waals surface area contributed by atoms with E-state index in [-0.39, 0.29) is 16.8 Å². The van der Waals surface area contributed by atoms with Gasteiger partial charge in [0, 0.05) is 11.1 Å². The summed E-state index contributed by atoms with van der Waals surface area (Å²) in [5, 5.41) is 0. The van der Waals surface area contributed by atoms with Gasteiger partial charge in [-0.3, -0.25) is 19.2 Å². The molecule has 0 saturated carbocycles. The van der Waals surface area contributed by atoms with Gasteiger partial charge in [-0.1, -0.05) is 54.6 Å². The fourth-order valence-electron chi connectivity index (χ4n) is 5.31. The van der Waals surface area contributed by atoms with Gasteiger partial charge in [0.15, 0.2) is 0 Å². The number of amides is 2. The van der Waals surface area contributed by atoms with Crippen molar-refractivity contribution >= 4 is 29.1 Å². The van der Waals surface area contributed by atoms with Crippen LogP contribution in [0.2, 0.25) is 0 Å². The van der Waals surface area contributed by atoms with Crippen LogP contribution in [0.3, 0.4) is 0 Å². The summed E-state index contributed by atoms with van der Waals surface area (Å²) < 4.78 is 19.7. The summed E-state index contributed by atoms with van der Waals surface area (Å²) >= 11 is 0. The van der Waals surface area contributed by atoms with Crippen LogP contribution >= 0.6 is 0 Å². The van der Waals surface area contributed by atoms with Gasteiger partial charge in [-0.25, -0.2) is 9.29 Å². The van der Waals surface area contributed by atoms with E-state index < -0.39 is 52.7 Å². The molecule has 162 valence electrons. The first-order valence-electron chi connectivity index (χ1n) is 10.5. The highest BCUT2D eigenvalue weighted by Crippen LogP contribution is 2.57. The molecule has 3 aromatic rings. The average molecular weight is 441 g/mol. The number of carbonyl (C=O) groups excluding carboxylic acids is 4. The summed E-state index contributed by atoms with van der Waals surface area (Å²) in [7, 11) is 0. The Hall–Kier alpha value is -3.97. The van der Waals surface area contributed by atoms with Crippen molar-refractivity contribution in [2.75, 3.05) is 4.90 Å². The number of ether oxygens (including phenoxy) is 1. The predicted molar refractivity (Wildman–Crippen MR) is 114 cm³/mol. The molecule has 1 spiro atoms. The molecular weight excluding hydrogens is 425 g/mol. The maximum Gasteiger partial charge on any atom is 0.241 e. The number of halogens is 1. The molecule has 2 saturated heterocycles. The number of imide groups is 1. The van der Waals surface area contributed by atoms with Crippen LogP contribution in [0.25, 0.3) is 0 Å². The van der Waals surface area contributed by atoms with Crippen LogP contribution in [0.1, 0.15) is 32.4 Å². The Bertz CT molecular complexity index is 1320. The fraction of sp³-hybridized carbons (Fsp3) is 0.154. The molecule has 0 radical (unpaired) electrons. The third-order valence-corrected chi connectivity index (χ3v) is 6.73. The van der Waals surface area contributed by atoms with E-state index in [0.717, 1.165) is 17.0 Å². The van der Waals surface area contributed by atoms with Crippen LogP contribution < -0.4 is 4.90 Å². The van der Waals surface area contributed by atoms with Crippen LogP contribution in [0.15, 0.2) is 78.9 Å². The van der Waals surface area contributed by atoms with Gasteiger partial charge in [-0.2, -0.15) is 0 Å². The first kappa shape index (κ1) is 19.7. The van der Waals surface area contributed by atoms with E-state index in [0.29, 0.717) is 5.56 Å². The quantitative estimate of drug-likeness (QED) is 0.449. The van der Waals surface area contributed by atoms with E-state index in [2.05, 4.69) is 0 Å². The van der Waals surface area contributed by atoms with Gasteiger partial charge in [0.05, 0.1) is 23.6 Å². The Morgan fingerprint density at radius 3 is 1.91 bits per heavy atom. The zero-order valence-corrected chi connectivity index (χ0v) is 17.1. The van der Waals surface area contributed by atoms with Gasteiger partial charge in [0.2, 0.25) is 29.0 Å². The summed E-state index contributed by atoms with van der Waals surface area (Å²) in [6.07, 6.45) is -0.972. The van der Waals surface area contributed by atoms with E-state index in [1.807, 2.05) is 0 Å². The van der Waals surface area contributed by atoms with Gasteiger partial charge in [0.25, 0.3) is 0 Å². The van der Waals surface area contributed by atoms with E-state index >= 15 is 0 Å². The lowest BCUT2D eigenvalue weighted by Crippen LogP contribution is -2.51. The van der Waals surface area contributed by atoms with Crippen molar-refractivity contribution in [2.45, 2.75) is 11.7 Å². The zero-order chi connectivity index (χ0) is 22.9. The lowest BCUT2D eigenvalue weighted by atomic mass is 9.77. The number of ketones is 2. The van der Waals surface area contributed by atoms with Gasteiger partial charge >= 0.3 is 0 Å². The van der Waals surface area contributed by atoms with E-state index in [1.165, 1.54) is 24.3 Å². The largest absolute Gasteiger partial charge is 0.349 e. The number of hydrogen-bond acceptors (Lipinski definition) is 5. The lowest BCUT2D eigenvalue weighted by molar-refractivity contribution is -0.127. The predicted octanol–water partition coefficient (Wildman–Crippen LogP) is 3.52. The molecule has 3 atom stereocenters. The number of rotatable bonds is 2. The maximum absolute atomic E-state index is 13.7. The number of Topliss-reactive ketones (excluding diaryl/α,β-unsaturated/α-hetero) is 2. The van der Waals surface area contributed by atoms with Crippen LogP contribution in [0.4, 0.5) is 10.1 Å². The molecule has 3 aromatic carbocycles. The highest BCUT2D eigenvalue weighted by molar-refractivity contribution is 6.37. The number of carbonyl (C=O) groups is 4.